The maximum absolute atomic E-state index is 5.25. The smallest absolute Gasteiger partial charge is 0.120 e. The van der Waals surface area contributed by atoms with Crippen LogP contribution in [0.15, 0.2) is 49.3 Å². The van der Waals surface area contributed by atoms with Gasteiger partial charge in [-0.3, -0.25) is 4.90 Å². The van der Waals surface area contributed by atoms with E-state index in [1.807, 2.05) is 24.4 Å². The van der Waals surface area contributed by atoms with E-state index in [0.717, 1.165) is 31.2 Å². The number of ether oxygens (including phenoxy) is 1. The first kappa shape index (κ1) is 13.4. The Kier molecular flexibility index (Phi) is 4.75. The molecule has 1 N–H and O–H groups in total. The Morgan fingerprint density at radius 2 is 2.32 bits per heavy atom. The zero-order valence-electron chi connectivity index (χ0n) is 11.2. The lowest BCUT2D eigenvalue weighted by molar-refractivity contribution is 0.279. The first-order valence-corrected chi connectivity index (χ1v) is 6.26. The fourth-order valence-corrected chi connectivity index (χ4v) is 1.99. The van der Waals surface area contributed by atoms with Gasteiger partial charge in [0.05, 0.1) is 13.7 Å². The van der Waals surface area contributed by atoms with Crippen LogP contribution in [0.3, 0.4) is 0 Å². The normalized spacial score (nSPS) is 10.6. The summed E-state index contributed by atoms with van der Waals surface area (Å²) in [6.45, 7) is 6.24. The summed E-state index contributed by atoms with van der Waals surface area (Å²) < 4.78 is 5.25. The van der Waals surface area contributed by atoms with Crippen LogP contribution in [0.25, 0.3) is 0 Å². The number of rotatable bonds is 7. The van der Waals surface area contributed by atoms with E-state index in [-0.39, 0.29) is 0 Å². The number of nitrogens with one attached hydrogen (secondary N) is 1. The number of nitrogens with zero attached hydrogens (tertiary/aromatic N) is 2. The summed E-state index contributed by atoms with van der Waals surface area (Å²) in [5, 5.41) is 0. The zero-order valence-corrected chi connectivity index (χ0v) is 11.2. The van der Waals surface area contributed by atoms with Gasteiger partial charge in [-0.15, -0.1) is 6.58 Å². The Labute approximate surface area is 113 Å². The molecule has 0 saturated heterocycles. The number of hydrogen-bond acceptors (Lipinski definition) is 3. The van der Waals surface area contributed by atoms with Gasteiger partial charge in [-0.1, -0.05) is 18.2 Å². The van der Waals surface area contributed by atoms with Gasteiger partial charge in [0, 0.05) is 25.5 Å². The molecule has 2 rings (SSSR count). The van der Waals surface area contributed by atoms with Crippen molar-refractivity contribution in [3.63, 3.8) is 0 Å². The highest BCUT2D eigenvalue weighted by atomic mass is 16.5. The van der Waals surface area contributed by atoms with E-state index in [4.69, 9.17) is 4.74 Å². The van der Waals surface area contributed by atoms with E-state index in [1.54, 1.807) is 13.3 Å². The van der Waals surface area contributed by atoms with Gasteiger partial charge in [-0.05, 0) is 17.7 Å². The lowest BCUT2D eigenvalue weighted by atomic mass is 10.2. The minimum Gasteiger partial charge on any atom is -0.497 e. The fourth-order valence-electron chi connectivity index (χ4n) is 1.99. The molecule has 100 valence electrons. The lowest BCUT2D eigenvalue weighted by Crippen LogP contribution is -2.23. The topological polar surface area (TPSA) is 41.1 Å². The Hall–Kier alpha value is -2.07. The van der Waals surface area contributed by atoms with E-state index < -0.39 is 0 Å². The molecule has 0 amide bonds. The minimum atomic E-state index is 0.774. The van der Waals surface area contributed by atoms with Crippen LogP contribution in [0.2, 0.25) is 0 Å². The lowest BCUT2D eigenvalue weighted by Gasteiger charge is -2.19. The molecule has 0 radical (unpaired) electrons. The van der Waals surface area contributed by atoms with Crippen LogP contribution in [-0.4, -0.2) is 28.5 Å². The highest BCUT2D eigenvalue weighted by Gasteiger charge is 2.07. The molecule has 4 nitrogen and oxygen atoms in total. The zero-order chi connectivity index (χ0) is 13.5. The predicted molar refractivity (Wildman–Crippen MR) is 75.9 cm³/mol. The molecule has 0 aliphatic heterocycles. The number of aromatic amines is 1. The Bertz CT molecular complexity index is 508. The monoisotopic (exact) mass is 257 g/mol. The second-order valence-electron chi connectivity index (χ2n) is 4.35. The predicted octanol–water partition coefficient (Wildman–Crippen LogP) is 2.61. The van der Waals surface area contributed by atoms with E-state index in [1.165, 1.54) is 5.56 Å². The van der Waals surface area contributed by atoms with E-state index >= 15 is 0 Å². The van der Waals surface area contributed by atoms with E-state index in [9.17, 15) is 0 Å². The Morgan fingerprint density at radius 3 is 3.00 bits per heavy atom. The molecule has 1 heterocycles. The number of H-pyrrole nitrogens is 1. The highest BCUT2D eigenvalue weighted by molar-refractivity contribution is 5.28. The standard InChI is InChI=1S/C15H19N3O/c1-3-9-18(12-15-16-7-8-17-15)11-13-5-4-6-14(10-13)19-2/h3-8,10H,1,9,11-12H2,2H3,(H,16,17). The first-order chi connectivity index (χ1) is 9.31. The Balaban J connectivity index is 2.04. The summed E-state index contributed by atoms with van der Waals surface area (Å²) in [5.74, 6) is 1.85. The van der Waals surface area contributed by atoms with Crippen LogP contribution in [0, 0.1) is 0 Å². The molecule has 4 heteroatoms. The molecule has 0 aliphatic rings. The third-order valence-corrected chi connectivity index (χ3v) is 2.86. The van der Waals surface area contributed by atoms with Crippen molar-refractivity contribution in [1.29, 1.82) is 0 Å². The van der Waals surface area contributed by atoms with Crippen LogP contribution in [0.1, 0.15) is 11.4 Å². The summed E-state index contributed by atoms with van der Waals surface area (Å²) in [6, 6.07) is 8.11. The van der Waals surface area contributed by atoms with E-state index in [2.05, 4.69) is 33.6 Å². The summed E-state index contributed by atoms with van der Waals surface area (Å²) in [5.41, 5.74) is 1.22. The van der Waals surface area contributed by atoms with Crippen molar-refractivity contribution in [2.75, 3.05) is 13.7 Å². The van der Waals surface area contributed by atoms with Crippen molar-refractivity contribution >= 4 is 0 Å². The molecule has 0 fully saturated rings. The molecular weight excluding hydrogens is 238 g/mol. The van der Waals surface area contributed by atoms with Crippen LogP contribution < -0.4 is 4.74 Å². The number of hydrogen-bond donors (Lipinski definition) is 1. The Morgan fingerprint density at radius 1 is 1.42 bits per heavy atom. The molecule has 0 unspecified atom stereocenters. The van der Waals surface area contributed by atoms with Gasteiger partial charge in [0.25, 0.3) is 0 Å². The van der Waals surface area contributed by atoms with Gasteiger partial charge in [0.15, 0.2) is 0 Å². The van der Waals surface area contributed by atoms with Crippen LogP contribution >= 0.6 is 0 Å². The van der Waals surface area contributed by atoms with Crippen molar-refractivity contribution in [1.82, 2.24) is 14.9 Å². The summed E-state index contributed by atoms with van der Waals surface area (Å²) in [4.78, 5) is 9.64. The van der Waals surface area contributed by atoms with Gasteiger partial charge >= 0.3 is 0 Å². The largest absolute Gasteiger partial charge is 0.497 e. The maximum Gasteiger partial charge on any atom is 0.120 e. The first-order valence-electron chi connectivity index (χ1n) is 6.26. The number of methoxy groups -OCH3 is 1. The summed E-state index contributed by atoms with van der Waals surface area (Å²) in [6.07, 6.45) is 5.52. The number of aromatic nitrogens is 2. The number of imidazole rings is 1. The minimum absolute atomic E-state index is 0.774. The molecule has 19 heavy (non-hydrogen) atoms. The van der Waals surface area contributed by atoms with Crippen molar-refractivity contribution in [2.45, 2.75) is 13.1 Å². The van der Waals surface area contributed by atoms with Gasteiger partial charge in [-0.2, -0.15) is 0 Å². The molecule has 0 aliphatic carbocycles. The molecule has 0 bridgehead atoms. The SMILES string of the molecule is C=CCN(Cc1cccc(OC)c1)Cc1ncc[nH]1. The van der Waals surface area contributed by atoms with Crippen molar-refractivity contribution in [3.8, 4) is 5.75 Å². The van der Waals surface area contributed by atoms with Gasteiger partial charge in [0.1, 0.15) is 11.6 Å². The second-order valence-corrected chi connectivity index (χ2v) is 4.35. The van der Waals surface area contributed by atoms with Gasteiger partial charge < -0.3 is 9.72 Å². The average Bonchev–Trinajstić information content (AvgIpc) is 2.92. The highest BCUT2D eigenvalue weighted by Crippen LogP contribution is 2.15. The molecule has 0 saturated carbocycles. The summed E-state index contributed by atoms with van der Waals surface area (Å²) in [7, 11) is 1.68. The molecule has 0 spiro atoms. The van der Waals surface area contributed by atoms with Crippen molar-refractivity contribution < 1.29 is 4.74 Å². The molecule has 2 aromatic rings. The van der Waals surface area contributed by atoms with Crippen LogP contribution in [0.4, 0.5) is 0 Å². The molecule has 1 aromatic heterocycles. The molecular formula is C15H19N3O. The van der Waals surface area contributed by atoms with Gasteiger partial charge in [-0.25, -0.2) is 4.98 Å². The van der Waals surface area contributed by atoms with E-state index in [0.29, 0.717) is 0 Å². The van der Waals surface area contributed by atoms with Crippen LogP contribution in [0.5, 0.6) is 5.75 Å². The molecule has 1 aromatic carbocycles. The second kappa shape index (κ2) is 6.75. The quantitative estimate of drug-likeness (QED) is 0.775. The summed E-state index contributed by atoms with van der Waals surface area (Å²) >= 11 is 0. The fraction of sp³-hybridized carbons (Fsp3) is 0.267. The van der Waals surface area contributed by atoms with Crippen molar-refractivity contribution in [2.24, 2.45) is 0 Å². The van der Waals surface area contributed by atoms with Crippen molar-refractivity contribution in [3.05, 3.63) is 60.7 Å². The maximum atomic E-state index is 5.25. The average molecular weight is 257 g/mol. The third-order valence-electron chi connectivity index (χ3n) is 2.86. The third kappa shape index (κ3) is 3.96. The van der Waals surface area contributed by atoms with Crippen LogP contribution in [-0.2, 0) is 13.1 Å². The molecule has 0 atom stereocenters. The van der Waals surface area contributed by atoms with Gasteiger partial charge in [0.2, 0.25) is 0 Å². The number of benzene rings is 1.